The second-order valence-electron chi connectivity index (χ2n) is 3.84. The number of nitrogens with zero attached hydrogens (tertiary/aromatic N) is 3. The van der Waals surface area contributed by atoms with Gasteiger partial charge in [-0.2, -0.15) is 13.2 Å². The lowest BCUT2D eigenvalue weighted by Crippen LogP contribution is -2.23. The van der Waals surface area contributed by atoms with Gasteiger partial charge in [0, 0.05) is 0 Å². The third-order valence-electron chi connectivity index (χ3n) is 2.39. The molecule has 0 saturated heterocycles. The molecule has 0 aliphatic rings. The van der Waals surface area contributed by atoms with Gasteiger partial charge in [-0.25, -0.2) is 4.68 Å². The molecule has 0 unspecified atom stereocenters. The van der Waals surface area contributed by atoms with Gasteiger partial charge in [0.25, 0.3) is 5.78 Å². The highest BCUT2D eigenvalue weighted by atomic mass is 35.5. The summed E-state index contributed by atoms with van der Waals surface area (Å²) in [6.07, 6.45) is -4.07. The molecule has 0 spiro atoms. The molecule has 2 rings (SSSR count). The average Bonchev–Trinajstić information content (AvgIpc) is 2.81. The average molecular weight is 324 g/mol. The normalized spacial score (nSPS) is 11.7. The third-order valence-corrected chi connectivity index (χ3v) is 3.25. The summed E-state index contributed by atoms with van der Waals surface area (Å²) in [6.45, 7) is 0.0531. The summed E-state index contributed by atoms with van der Waals surface area (Å²) >= 11 is 11.8. The van der Waals surface area contributed by atoms with Crippen LogP contribution in [0.5, 0.6) is 0 Å². The first-order valence-electron chi connectivity index (χ1n) is 5.23. The van der Waals surface area contributed by atoms with Crippen molar-refractivity contribution in [1.29, 1.82) is 0 Å². The number of carbonyl (C=O) groups is 1. The van der Waals surface area contributed by atoms with Crippen LogP contribution in [0.15, 0.2) is 24.4 Å². The smallest absolute Gasteiger partial charge is 0.282 e. The summed E-state index contributed by atoms with van der Waals surface area (Å²) in [5, 5.41) is 7.25. The van der Waals surface area contributed by atoms with Gasteiger partial charge in [-0.3, -0.25) is 4.79 Å². The second kappa shape index (κ2) is 5.41. The maximum Gasteiger partial charge on any atom is 0.456 e. The summed E-state index contributed by atoms with van der Waals surface area (Å²) in [7, 11) is 0. The topological polar surface area (TPSA) is 47.8 Å². The molecular formula is C11H6Cl2F3N3O. The van der Waals surface area contributed by atoms with Crippen LogP contribution >= 0.6 is 23.2 Å². The van der Waals surface area contributed by atoms with Crippen molar-refractivity contribution in [3.8, 4) is 0 Å². The van der Waals surface area contributed by atoms with Crippen molar-refractivity contribution in [3.63, 3.8) is 0 Å². The van der Waals surface area contributed by atoms with Gasteiger partial charge in [0.2, 0.25) is 0 Å². The molecule has 0 atom stereocenters. The Morgan fingerprint density at radius 2 is 2.00 bits per heavy atom. The Kier molecular flexibility index (Phi) is 4.01. The van der Waals surface area contributed by atoms with E-state index in [1.165, 1.54) is 0 Å². The van der Waals surface area contributed by atoms with E-state index in [0.717, 1.165) is 10.9 Å². The van der Waals surface area contributed by atoms with Crippen molar-refractivity contribution in [2.75, 3.05) is 0 Å². The van der Waals surface area contributed by atoms with Gasteiger partial charge < -0.3 is 0 Å². The van der Waals surface area contributed by atoms with Crippen molar-refractivity contribution < 1.29 is 18.0 Å². The Balaban J connectivity index is 2.22. The van der Waals surface area contributed by atoms with E-state index in [9.17, 15) is 18.0 Å². The minimum Gasteiger partial charge on any atom is -0.282 e. The van der Waals surface area contributed by atoms with Crippen LogP contribution in [0, 0.1) is 0 Å². The quantitative estimate of drug-likeness (QED) is 0.813. The predicted octanol–water partition coefficient (Wildman–Crippen LogP) is 3.38. The summed E-state index contributed by atoms with van der Waals surface area (Å²) in [4.78, 5) is 11.0. The number of ketones is 1. The number of benzene rings is 1. The summed E-state index contributed by atoms with van der Waals surface area (Å²) in [6, 6.07) is 4.86. The summed E-state index contributed by atoms with van der Waals surface area (Å²) in [5.74, 6) is -2.04. The maximum atomic E-state index is 12.2. The van der Waals surface area contributed by atoms with Crippen molar-refractivity contribution in [2.45, 2.75) is 12.7 Å². The highest BCUT2D eigenvalue weighted by Crippen LogP contribution is 2.26. The van der Waals surface area contributed by atoms with Crippen molar-refractivity contribution in [3.05, 3.63) is 45.7 Å². The molecule has 0 saturated carbocycles. The van der Waals surface area contributed by atoms with Crippen molar-refractivity contribution >= 4 is 29.0 Å². The van der Waals surface area contributed by atoms with E-state index in [0.29, 0.717) is 10.6 Å². The van der Waals surface area contributed by atoms with E-state index in [1.54, 1.807) is 18.2 Å². The van der Waals surface area contributed by atoms with Crippen LogP contribution in [0.25, 0.3) is 0 Å². The van der Waals surface area contributed by atoms with Gasteiger partial charge in [0.05, 0.1) is 22.8 Å². The summed E-state index contributed by atoms with van der Waals surface area (Å²) in [5.41, 5.74) is -0.217. The first-order chi connectivity index (χ1) is 9.29. The summed E-state index contributed by atoms with van der Waals surface area (Å²) < 4.78 is 37.7. The molecule has 2 aromatic rings. The van der Waals surface area contributed by atoms with E-state index < -0.39 is 17.7 Å². The minimum absolute atomic E-state index is 0.0531. The van der Waals surface area contributed by atoms with Crippen LogP contribution in [0.1, 0.15) is 16.1 Å². The fraction of sp³-hybridized carbons (Fsp3) is 0.182. The Bertz CT molecular complexity index is 655. The molecule has 0 radical (unpaired) electrons. The van der Waals surface area contributed by atoms with Crippen LogP contribution in [-0.4, -0.2) is 27.0 Å². The molecule has 0 bridgehead atoms. The highest BCUT2D eigenvalue weighted by molar-refractivity contribution is 6.42. The number of aromatic nitrogens is 3. The van der Waals surface area contributed by atoms with E-state index in [2.05, 4.69) is 10.3 Å². The lowest BCUT2D eigenvalue weighted by atomic mass is 10.2. The zero-order chi connectivity index (χ0) is 14.9. The first kappa shape index (κ1) is 14.8. The zero-order valence-corrected chi connectivity index (χ0v) is 11.2. The lowest BCUT2D eigenvalue weighted by Gasteiger charge is -2.05. The van der Waals surface area contributed by atoms with Gasteiger partial charge in [0.15, 0.2) is 5.69 Å². The number of hydrogen-bond acceptors (Lipinski definition) is 3. The molecule has 106 valence electrons. The number of hydrogen-bond donors (Lipinski definition) is 0. The lowest BCUT2D eigenvalue weighted by molar-refractivity contribution is -0.0888. The SMILES string of the molecule is O=C(c1cn(Cc2cccc(Cl)c2Cl)nn1)C(F)(F)F. The number of rotatable bonds is 3. The van der Waals surface area contributed by atoms with E-state index in [4.69, 9.17) is 23.2 Å². The number of Topliss-reactive ketones (excluding diaryl/α,β-unsaturated/α-hetero) is 1. The molecular weight excluding hydrogens is 318 g/mol. The van der Waals surface area contributed by atoms with Crippen molar-refractivity contribution in [1.82, 2.24) is 15.0 Å². The molecule has 1 aromatic carbocycles. The molecule has 9 heteroatoms. The van der Waals surface area contributed by atoms with E-state index in [-0.39, 0.29) is 11.6 Å². The highest BCUT2D eigenvalue weighted by Gasteiger charge is 2.41. The van der Waals surface area contributed by atoms with Gasteiger partial charge in [0.1, 0.15) is 0 Å². The molecule has 20 heavy (non-hydrogen) atoms. The van der Waals surface area contributed by atoms with E-state index in [1.807, 2.05) is 0 Å². The molecule has 0 amide bonds. The first-order valence-corrected chi connectivity index (χ1v) is 5.99. The van der Waals surface area contributed by atoms with Gasteiger partial charge >= 0.3 is 6.18 Å². The molecule has 0 aliphatic carbocycles. The molecule has 0 fully saturated rings. The monoisotopic (exact) mass is 323 g/mol. The fourth-order valence-electron chi connectivity index (χ4n) is 1.47. The van der Waals surface area contributed by atoms with Crippen LogP contribution < -0.4 is 0 Å². The third kappa shape index (κ3) is 3.10. The molecule has 1 aromatic heterocycles. The zero-order valence-electron chi connectivity index (χ0n) is 9.66. The Morgan fingerprint density at radius 1 is 1.30 bits per heavy atom. The largest absolute Gasteiger partial charge is 0.456 e. The number of carbonyl (C=O) groups excluding carboxylic acids is 1. The molecule has 4 nitrogen and oxygen atoms in total. The minimum atomic E-state index is -4.98. The van der Waals surface area contributed by atoms with Crippen molar-refractivity contribution in [2.24, 2.45) is 0 Å². The van der Waals surface area contributed by atoms with Gasteiger partial charge in [-0.15, -0.1) is 5.10 Å². The molecule has 0 aliphatic heterocycles. The maximum absolute atomic E-state index is 12.2. The fourth-order valence-corrected chi connectivity index (χ4v) is 1.85. The number of alkyl halides is 3. The van der Waals surface area contributed by atoms with Gasteiger partial charge in [-0.05, 0) is 11.6 Å². The van der Waals surface area contributed by atoms with Crippen LogP contribution in [0.2, 0.25) is 10.0 Å². The predicted molar refractivity (Wildman–Crippen MR) is 66.0 cm³/mol. The van der Waals surface area contributed by atoms with Crippen LogP contribution in [0.3, 0.4) is 0 Å². The van der Waals surface area contributed by atoms with E-state index >= 15 is 0 Å². The van der Waals surface area contributed by atoms with Crippen LogP contribution in [-0.2, 0) is 6.54 Å². The molecule has 0 N–H and O–H groups in total. The Morgan fingerprint density at radius 3 is 2.65 bits per heavy atom. The number of halogens is 5. The Hall–Kier alpha value is -1.60. The second-order valence-corrected chi connectivity index (χ2v) is 4.63. The Labute approximate surface area is 121 Å². The van der Waals surface area contributed by atoms with Gasteiger partial charge in [-0.1, -0.05) is 40.5 Å². The van der Waals surface area contributed by atoms with Crippen LogP contribution in [0.4, 0.5) is 13.2 Å². The standard InChI is InChI=1S/C11H6Cl2F3N3O/c12-7-3-1-2-6(9(7)13)4-19-5-8(17-18-19)10(20)11(14,15)16/h1-3,5H,4H2. The molecule has 1 heterocycles.